The van der Waals surface area contributed by atoms with Crippen LogP contribution in [0, 0.1) is 9.39 Å². The van der Waals surface area contributed by atoms with Crippen LogP contribution in [0.5, 0.6) is 0 Å². The van der Waals surface area contributed by atoms with Gasteiger partial charge >= 0.3 is 0 Å². The highest BCUT2D eigenvalue weighted by Gasteiger charge is 2.07. The molecule has 16 heavy (non-hydrogen) atoms. The third kappa shape index (κ3) is 2.41. The van der Waals surface area contributed by atoms with Gasteiger partial charge in [-0.1, -0.05) is 0 Å². The highest BCUT2D eigenvalue weighted by atomic mass is 127. The van der Waals surface area contributed by atoms with E-state index in [0.29, 0.717) is 5.95 Å². The Balaban J connectivity index is 2.50. The summed E-state index contributed by atoms with van der Waals surface area (Å²) < 4.78 is 13.7. The quantitative estimate of drug-likeness (QED) is 0.666. The summed E-state index contributed by atoms with van der Waals surface area (Å²) >= 11 is 7.54. The Labute approximate surface area is 110 Å². The molecule has 2 aromatic rings. The highest BCUT2D eigenvalue weighted by molar-refractivity contribution is 14.1. The molecule has 0 atom stereocenters. The maximum absolute atomic E-state index is 12.8. The lowest BCUT2D eigenvalue weighted by molar-refractivity contribution is 0.628. The third-order valence-electron chi connectivity index (χ3n) is 1.95. The van der Waals surface area contributed by atoms with Crippen molar-refractivity contribution < 1.29 is 4.39 Å². The van der Waals surface area contributed by atoms with E-state index >= 15 is 0 Å². The van der Waals surface area contributed by atoms with E-state index in [4.69, 9.17) is 11.8 Å². The lowest BCUT2D eigenvalue weighted by Gasteiger charge is -2.05. The number of rotatable bonds is 2. The Morgan fingerprint density at radius 3 is 2.56 bits per heavy atom. The van der Waals surface area contributed by atoms with Gasteiger partial charge < -0.3 is 0 Å². The van der Waals surface area contributed by atoms with E-state index in [0.717, 1.165) is 14.8 Å². The van der Waals surface area contributed by atoms with E-state index < -0.39 is 0 Å². The van der Waals surface area contributed by atoms with Crippen LogP contribution in [0.1, 0.15) is 0 Å². The standard InChI is InChI=1S/C10H6ClFIN3/c11-16-10-14-5-8(13)9(15-10)6-1-3-7(12)4-2-6/h1-5H,(H,14,15,16). The lowest BCUT2D eigenvalue weighted by atomic mass is 10.1. The zero-order chi connectivity index (χ0) is 11.5. The fourth-order valence-electron chi connectivity index (χ4n) is 1.22. The number of nitrogens with zero attached hydrogens (tertiary/aromatic N) is 2. The Kier molecular flexibility index (Phi) is 3.55. The molecule has 0 amide bonds. The van der Waals surface area contributed by atoms with Crippen LogP contribution in [-0.4, -0.2) is 9.97 Å². The summed E-state index contributed by atoms with van der Waals surface area (Å²) in [6.07, 6.45) is 1.65. The number of nitrogens with one attached hydrogen (secondary N) is 1. The number of aromatic nitrogens is 2. The summed E-state index contributed by atoms with van der Waals surface area (Å²) in [4.78, 5) is 10.5. The van der Waals surface area contributed by atoms with Gasteiger partial charge in [0.15, 0.2) is 0 Å². The average Bonchev–Trinajstić information content (AvgIpc) is 2.31. The minimum atomic E-state index is -0.275. The normalized spacial score (nSPS) is 10.2. The van der Waals surface area contributed by atoms with Crippen LogP contribution in [0.2, 0.25) is 0 Å². The largest absolute Gasteiger partial charge is 0.266 e. The van der Waals surface area contributed by atoms with Crippen molar-refractivity contribution in [2.75, 3.05) is 4.84 Å². The van der Waals surface area contributed by atoms with Gasteiger partial charge in [-0.25, -0.2) is 14.4 Å². The highest BCUT2D eigenvalue weighted by Crippen LogP contribution is 2.23. The van der Waals surface area contributed by atoms with E-state index in [9.17, 15) is 4.39 Å². The maximum atomic E-state index is 12.8. The Bertz CT molecular complexity index is 504. The first-order valence-corrected chi connectivity index (χ1v) is 5.81. The lowest BCUT2D eigenvalue weighted by Crippen LogP contribution is -1.96. The zero-order valence-electron chi connectivity index (χ0n) is 7.92. The van der Waals surface area contributed by atoms with E-state index in [2.05, 4.69) is 37.4 Å². The summed E-state index contributed by atoms with van der Waals surface area (Å²) in [7, 11) is 0. The molecule has 0 fully saturated rings. The molecule has 0 saturated carbocycles. The van der Waals surface area contributed by atoms with Crippen molar-refractivity contribution in [2.45, 2.75) is 0 Å². The second-order valence-corrected chi connectivity index (χ2v) is 4.34. The number of hydrogen-bond donors (Lipinski definition) is 1. The monoisotopic (exact) mass is 349 g/mol. The predicted octanol–water partition coefficient (Wildman–Crippen LogP) is 3.45. The van der Waals surface area contributed by atoms with Gasteiger partial charge in [0.2, 0.25) is 5.95 Å². The average molecular weight is 350 g/mol. The first-order valence-electron chi connectivity index (χ1n) is 4.36. The maximum Gasteiger partial charge on any atom is 0.238 e. The molecular weight excluding hydrogens is 343 g/mol. The van der Waals surface area contributed by atoms with E-state index in [1.54, 1.807) is 18.3 Å². The van der Waals surface area contributed by atoms with Crippen LogP contribution >= 0.6 is 34.4 Å². The van der Waals surface area contributed by atoms with Gasteiger partial charge in [-0.05, 0) is 46.9 Å². The SMILES string of the molecule is Fc1ccc(-c2nc(NCl)ncc2I)cc1. The van der Waals surface area contributed by atoms with Gasteiger partial charge in [0.05, 0.1) is 9.26 Å². The number of halogens is 3. The predicted molar refractivity (Wildman–Crippen MR) is 69.6 cm³/mol. The second kappa shape index (κ2) is 4.92. The van der Waals surface area contributed by atoms with Crippen molar-refractivity contribution in [3.63, 3.8) is 0 Å². The van der Waals surface area contributed by atoms with Crippen molar-refractivity contribution in [3.05, 3.63) is 39.8 Å². The molecule has 0 aliphatic heterocycles. The molecule has 6 heteroatoms. The van der Waals surface area contributed by atoms with Crippen LogP contribution < -0.4 is 4.84 Å². The molecule has 1 N–H and O–H groups in total. The van der Waals surface area contributed by atoms with Gasteiger partial charge in [0, 0.05) is 23.5 Å². The molecule has 0 aliphatic rings. The van der Waals surface area contributed by atoms with Gasteiger partial charge in [-0.3, -0.25) is 4.84 Å². The van der Waals surface area contributed by atoms with Gasteiger partial charge in [-0.2, -0.15) is 0 Å². The first-order chi connectivity index (χ1) is 7.70. The van der Waals surface area contributed by atoms with Crippen molar-refractivity contribution in [1.82, 2.24) is 9.97 Å². The fraction of sp³-hybridized carbons (Fsp3) is 0. The number of anilines is 1. The molecule has 82 valence electrons. The molecule has 1 heterocycles. The first kappa shape index (κ1) is 11.5. The molecule has 3 nitrogen and oxygen atoms in total. The Morgan fingerprint density at radius 2 is 1.94 bits per heavy atom. The number of benzene rings is 1. The zero-order valence-corrected chi connectivity index (χ0v) is 10.8. The van der Waals surface area contributed by atoms with Crippen LogP contribution in [0.15, 0.2) is 30.5 Å². The Hall–Kier alpha value is -0.950. The van der Waals surface area contributed by atoms with Crippen molar-refractivity contribution >= 4 is 40.3 Å². The third-order valence-corrected chi connectivity index (χ3v) is 2.90. The molecule has 1 aromatic carbocycles. The molecule has 0 bridgehead atoms. The van der Waals surface area contributed by atoms with Gasteiger partial charge in [0.25, 0.3) is 0 Å². The van der Waals surface area contributed by atoms with Crippen LogP contribution in [0.4, 0.5) is 10.3 Å². The van der Waals surface area contributed by atoms with Crippen LogP contribution in [-0.2, 0) is 0 Å². The van der Waals surface area contributed by atoms with Crippen molar-refractivity contribution in [2.24, 2.45) is 0 Å². The van der Waals surface area contributed by atoms with Crippen LogP contribution in [0.25, 0.3) is 11.3 Å². The van der Waals surface area contributed by atoms with Gasteiger partial charge in [-0.15, -0.1) is 0 Å². The molecular formula is C10H6ClFIN3. The van der Waals surface area contributed by atoms with E-state index in [-0.39, 0.29) is 5.82 Å². The van der Waals surface area contributed by atoms with E-state index in [1.807, 2.05) is 0 Å². The summed E-state index contributed by atoms with van der Waals surface area (Å²) in [5.74, 6) is 0.0462. The van der Waals surface area contributed by atoms with Crippen LogP contribution in [0.3, 0.4) is 0 Å². The summed E-state index contributed by atoms with van der Waals surface area (Å²) in [6, 6.07) is 6.11. The minimum Gasteiger partial charge on any atom is -0.266 e. The summed E-state index contributed by atoms with van der Waals surface area (Å²) in [6.45, 7) is 0. The molecule has 0 spiro atoms. The second-order valence-electron chi connectivity index (χ2n) is 2.99. The molecule has 0 unspecified atom stereocenters. The van der Waals surface area contributed by atoms with E-state index in [1.165, 1.54) is 12.1 Å². The summed E-state index contributed by atoms with van der Waals surface area (Å²) in [5, 5.41) is 0. The topological polar surface area (TPSA) is 37.8 Å². The minimum absolute atomic E-state index is 0.275. The van der Waals surface area contributed by atoms with Gasteiger partial charge in [0.1, 0.15) is 5.82 Å². The molecule has 0 saturated heterocycles. The van der Waals surface area contributed by atoms with Crippen molar-refractivity contribution in [1.29, 1.82) is 0 Å². The molecule has 0 aliphatic carbocycles. The Morgan fingerprint density at radius 1 is 1.25 bits per heavy atom. The molecule has 0 radical (unpaired) electrons. The molecule has 1 aromatic heterocycles. The summed E-state index contributed by atoms with van der Waals surface area (Å²) in [5.41, 5.74) is 1.54. The fourth-order valence-corrected chi connectivity index (χ4v) is 1.89. The number of hydrogen-bond acceptors (Lipinski definition) is 3. The molecule has 2 rings (SSSR count). The smallest absolute Gasteiger partial charge is 0.238 e. The van der Waals surface area contributed by atoms with Crippen molar-refractivity contribution in [3.8, 4) is 11.3 Å².